The molecule has 6 nitrogen and oxygen atoms in total. The predicted molar refractivity (Wildman–Crippen MR) is 131 cm³/mol. The number of aryl methyl sites for hydroxylation is 1. The number of hydrogen-bond acceptors (Lipinski definition) is 5. The van der Waals surface area contributed by atoms with Crippen molar-refractivity contribution in [1.82, 2.24) is 5.32 Å². The largest absolute Gasteiger partial charge is 0.457 e. The van der Waals surface area contributed by atoms with Gasteiger partial charge in [-0.25, -0.2) is 0 Å². The first-order chi connectivity index (χ1) is 15.9. The molecule has 2 amide bonds. The first-order valence-corrected chi connectivity index (χ1v) is 11.8. The highest BCUT2D eigenvalue weighted by Crippen LogP contribution is 2.38. The summed E-state index contributed by atoms with van der Waals surface area (Å²) in [6.07, 6.45) is 5.08. The maximum atomic E-state index is 12.9. The molecule has 168 valence electrons. The van der Waals surface area contributed by atoms with E-state index < -0.39 is 5.91 Å². The second-order valence-electron chi connectivity index (χ2n) is 7.42. The molecule has 0 radical (unpaired) electrons. The van der Waals surface area contributed by atoms with Gasteiger partial charge in [0.1, 0.15) is 28.2 Å². The molecule has 0 saturated carbocycles. The number of furan rings is 1. The summed E-state index contributed by atoms with van der Waals surface area (Å²) in [6, 6.07) is 10.4. The number of nitriles is 1. The molecule has 0 bridgehead atoms. The van der Waals surface area contributed by atoms with Gasteiger partial charge < -0.3 is 15.1 Å². The van der Waals surface area contributed by atoms with Gasteiger partial charge in [0.25, 0.3) is 11.8 Å². The Morgan fingerprint density at radius 2 is 1.97 bits per heavy atom. The van der Waals surface area contributed by atoms with Gasteiger partial charge in [-0.15, -0.1) is 11.3 Å². The normalized spacial score (nSPS) is 13.2. The summed E-state index contributed by atoms with van der Waals surface area (Å²) in [5.74, 6) is -0.0923. The van der Waals surface area contributed by atoms with Gasteiger partial charge in [0.15, 0.2) is 0 Å². The smallest absolute Gasteiger partial charge is 0.267 e. The Bertz CT molecular complexity index is 1320. The Morgan fingerprint density at radius 1 is 1.18 bits per heavy atom. The van der Waals surface area contributed by atoms with Crippen LogP contribution in [0.2, 0.25) is 10.0 Å². The highest BCUT2D eigenvalue weighted by Gasteiger charge is 2.26. The lowest BCUT2D eigenvalue weighted by Gasteiger charge is -2.12. The zero-order chi connectivity index (χ0) is 23.5. The van der Waals surface area contributed by atoms with Gasteiger partial charge in [0, 0.05) is 23.6 Å². The van der Waals surface area contributed by atoms with Crippen LogP contribution in [0.5, 0.6) is 0 Å². The summed E-state index contributed by atoms with van der Waals surface area (Å²) in [7, 11) is 1.56. The van der Waals surface area contributed by atoms with E-state index in [0.29, 0.717) is 37.7 Å². The second kappa shape index (κ2) is 9.84. The van der Waals surface area contributed by atoms with Gasteiger partial charge in [-0.1, -0.05) is 29.3 Å². The molecule has 1 aromatic carbocycles. The van der Waals surface area contributed by atoms with Crippen molar-refractivity contribution in [3.63, 3.8) is 0 Å². The molecule has 3 aromatic rings. The number of amides is 2. The van der Waals surface area contributed by atoms with Crippen LogP contribution in [0.3, 0.4) is 0 Å². The van der Waals surface area contributed by atoms with E-state index in [-0.39, 0.29) is 11.5 Å². The van der Waals surface area contributed by atoms with E-state index in [1.165, 1.54) is 17.4 Å². The zero-order valence-electron chi connectivity index (χ0n) is 17.6. The number of halogens is 2. The molecule has 0 fully saturated rings. The molecule has 0 spiro atoms. The maximum absolute atomic E-state index is 12.9. The van der Waals surface area contributed by atoms with Crippen molar-refractivity contribution in [3.05, 3.63) is 67.7 Å². The SMILES string of the molecule is CNC(=O)c1c(NC(=O)/C(C#N)=C/c2ccc(-c3cccc(Cl)c3Cl)o2)sc2c1CCCC2. The number of nitrogens with zero attached hydrogens (tertiary/aromatic N) is 1. The number of fused-ring (bicyclic) bond motifs is 1. The van der Waals surface area contributed by atoms with Crippen molar-refractivity contribution < 1.29 is 14.0 Å². The summed E-state index contributed by atoms with van der Waals surface area (Å²) >= 11 is 13.7. The Hall–Kier alpha value is -3.05. The maximum Gasteiger partial charge on any atom is 0.267 e. The molecule has 9 heteroatoms. The van der Waals surface area contributed by atoms with Crippen LogP contribution in [-0.2, 0) is 17.6 Å². The average molecular weight is 500 g/mol. The standard InChI is InChI=1S/C24H19Cl2N3O3S/c1-28-23(31)20-16-5-2-3-8-19(16)33-24(20)29-22(30)13(12-27)11-14-9-10-18(32-14)15-6-4-7-17(25)21(15)26/h4,6-7,9-11H,2-3,5,8H2,1H3,(H,28,31)(H,29,30)/b13-11+. The topological polar surface area (TPSA) is 95.1 Å². The summed E-state index contributed by atoms with van der Waals surface area (Å²) in [5.41, 5.74) is 1.92. The number of anilines is 1. The third-order valence-electron chi connectivity index (χ3n) is 5.35. The predicted octanol–water partition coefficient (Wildman–Crippen LogP) is 6.10. The van der Waals surface area contributed by atoms with Crippen LogP contribution in [-0.4, -0.2) is 18.9 Å². The summed E-state index contributed by atoms with van der Waals surface area (Å²) in [5, 5.41) is 16.2. The molecule has 2 heterocycles. The first-order valence-electron chi connectivity index (χ1n) is 10.3. The van der Waals surface area contributed by atoms with Gasteiger partial charge >= 0.3 is 0 Å². The molecule has 2 N–H and O–H groups in total. The fourth-order valence-corrected chi connectivity index (χ4v) is 5.43. The Morgan fingerprint density at radius 3 is 2.73 bits per heavy atom. The minimum atomic E-state index is -0.611. The lowest BCUT2D eigenvalue weighted by molar-refractivity contribution is -0.112. The van der Waals surface area contributed by atoms with Crippen LogP contribution >= 0.6 is 34.5 Å². The lowest BCUT2D eigenvalue weighted by Crippen LogP contribution is -2.22. The molecule has 4 rings (SSSR count). The number of benzene rings is 1. The van der Waals surface area contributed by atoms with Crippen LogP contribution < -0.4 is 10.6 Å². The summed E-state index contributed by atoms with van der Waals surface area (Å²) in [6.45, 7) is 0. The molecular weight excluding hydrogens is 481 g/mol. The number of hydrogen-bond donors (Lipinski definition) is 2. The van der Waals surface area contributed by atoms with Crippen molar-refractivity contribution in [2.24, 2.45) is 0 Å². The number of nitrogens with one attached hydrogen (secondary N) is 2. The second-order valence-corrected chi connectivity index (χ2v) is 9.31. The Labute approximate surface area is 204 Å². The minimum Gasteiger partial charge on any atom is -0.457 e. The van der Waals surface area contributed by atoms with Gasteiger partial charge in [0.05, 0.1) is 15.6 Å². The molecule has 1 aliphatic rings. The van der Waals surface area contributed by atoms with Crippen molar-refractivity contribution in [1.29, 1.82) is 5.26 Å². The lowest BCUT2D eigenvalue weighted by atomic mass is 9.95. The number of carbonyl (C=O) groups excluding carboxylic acids is 2. The average Bonchev–Trinajstić information content (AvgIpc) is 3.42. The van der Waals surface area contributed by atoms with Crippen molar-refractivity contribution in [2.75, 3.05) is 12.4 Å². The highest BCUT2D eigenvalue weighted by atomic mass is 35.5. The van der Waals surface area contributed by atoms with Crippen LogP contribution in [0.25, 0.3) is 17.4 Å². The molecule has 2 aromatic heterocycles. The third kappa shape index (κ3) is 4.69. The van der Waals surface area contributed by atoms with E-state index in [9.17, 15) is 14.9 Å². The number of carbonyl (C=O) groups is 2. The third-order valence-corrected chi connectivity index (χ3v) is 7.37. The minimum absolute atomic E-state index is 0.151. The molecule has 33 heavy (non-hydrogen) atoms. The molecule has 1 aliphatic carbocycles. The molecule has 0 atom stereocenters. The van der Waals surface area contributed by atoms with Crippen LogP contribution in [0.1, 0.15) is 39.4 Å². The quantitative estimate of drug-likeness (QED) is 0.327. The molecular formula is C24H19Cl2N3O3S. The van der Waals surface area contributed by atoms with Gasteiger partial charge in [0.2, 0.25) is 0 Å². The number of rotatable bonds is 5. The molecule has 0 unspecified atom stereocenters. The monoisotopic (exact) mass is 499 g/mol. The van der Waals surface area contributed by atoms with Gasteiger partial charge in [-0.05, 0) is 55.5 Å². The van der Waals surface area contributed by atoms with E-state index in [4.69, 9.17) is 27.6 Å². The fraction of sp³-hybridized carbons (Fsp3) is 0.208. The van der Waals surface area contributed by atoms with E-state index in [1.54, 1.807) is 37.4 Å². The molecule has 0 saturated heterocycles. The Kier molecular flexibility index (Phi) is 6.89. The highest BCUT2D eigenvalue weighted by molar-refractivity contribution is 7.17. The van der Waals surface area contributed by atoms with E-state index in [0.717, 1.165) is 36.1 Å². The summed E-state index contributed by atoms with van der Waals surface area (Å²) in [4.78, 5) is 26.5. The number of thiophene rings is 1. The van der Waals surface area contributed by atoms with Gasteiger partial charge in [-0.2, -0.15) is 5.26 Å². The summed E-state index contributed by atoms with van der Waals surface area (Å²) < 4.78 is 5.77. The van der Waals surface area contributed by atoms with E-state index >= 15 is 0 Å². The molecule has 0 aliphatic heterocycles. The fourth-order valence-electron chi connectivity index (χ4n) is 3.75. The van der Waals surface area contributed by atoms with Gasteiger partial charge in [-0.3, -0.25) is 9.59 Å². The van der Waals surface area contributed by atoms with Crippen LogP contribution in [0.15, 0.2) is 40.3 Å². The zero-order valence-corrected chi connectivity index (χ0v) is 20.0. The Balaban J connectivity index is 1.61. The van der Waals surface area contributed by atoms with Crippen LogP contribution in [0, 0.1) is 11.3 Å². The van der Waals surface area contributed by atoms with Crippen LogP contribution in [0.4, 0.5) is 5.00 Å². The van der Waals surface area contributed by atoms with E-state index in [1.807, 2.05) is 6.07 Å². The van der Waals surface area contributed by atoms with E-state index in [2.05, 4.69) is 10.6 Å². The van der Waals surface area contributed by atoms with Crippen molar-refractivity contribution in [3.8, 4) is 17.4 Å². The van der Waals surface area contributed by atoms with Crippen molar-refractivity contribution >= 4 is 57.4 Å². The van der Waals surface area contributed by atoms with Crippen molar-refractivity contribution in [2.45, 2.75) is 25.7 Å². The first kappa shape index (κ1) is 23.1.